The molecule has 86 valence electrons. The van der Waals surface area contributed by atoms with E-state index < -0.39 is 0 Å². The van der Waals surface area contributed by atoms with Crippen molar-refractivity contribution in [1.82, 2.24) is 4.90 Å². The molecule has 0 bridgehead atoms. The van der Waals surface area contributed by atoms with Gasteiger partial charge in [-0.15, -0.1) is 11.3 Å². The lowest BCUT2D eigenvalue weighted by molar-refractivity contribution is 0.201. The van der Waals surface area contributed by atoms with Crippen molar-refractivity contribution in [2.45, 2.75) is 39.3 Å². The van der Waals surface area contributed by atoms with Crippen LogP contribution in [0.1, 0.15) is 31.6 Å². The molecular formula is C12H22N2S. The first-order valence-electron chi connectivity index (χ1n) is 5.74. The molecule has 2 nitrogen and oxygen atoms in total. The monoisotopic (exact) mass is 226 g/mol. The van der Waals surface area contributed by atoms with Gasteiger partial charge in [-0.05, 0) is 44.3 Å². The zero-order chi connectivity index (χ0) is 11.1. The first-order chi connectivity index (χ1) is 7.27. The normalized spacial score (nSPS) is 13.3. The molecule has 0 fully saturated rings. The zero-order valence-electron chi connectivity index (χ0n) is 9.78. The molecule has 1 unspecified atom stereocenters. The van der Waals surface area contributed by atoms with Crippen LogP contribution in [0.5, 0.6) is 0 Å². The van der Waals surface area contributed by atoms with Crippen molar-refractivity contribution in [2.24, 2.45) is 5.73 Å². The molecule has 1 aromatic rings. The summed E-state index contributed by atoms with van der Waals surface area (Å²) < 4.78 is 0. The highest BCUT2D eigenvalue weighted by molar-refractivity contribution is 7.09. The van der Waals surface area contributed by atoms with Gasteiger partial charge in [0, 0.05) is 17.5 Å². The topological polar surface area (TPSA) is 29.3 Å². The van der Waals surface area contributed by atoms with Crippen molar-refractivity contribution in [3.05, 3.63) is 22.4 Å². The van der Waals surface area contributed by atoms with Gasteiger partial charge >= 0.3 is 0 Å². The Morgan fingerprint density at radius 3 is 2.87 bits per heavy atom. The van der Waals surface area contributed by atoms with E-state index in [2.05, 4.69) is 36.3 Å². The van der Waals surface area contributed by atoms with Crippen LogP contribution in [0.3, 0.4) is 0 Å². The molecule has 1 aromatic heterocycles. The molecule has 15 heavy (non-hydrogen) atoms. The van der Waals surface area contributed by atoms with Crippen LogP contribution in [0.4, 0.5) is 0 Å². The molecule has 2 N–H and O–H groups in total. The van der Waals surface area contributed by atoms with E-state index in [0.717, 1.165) is 26.1 Å². The van der Waals surface area contributed by atoms with E-state index in [1.54, 1.807) is 0 Å². The smallest absolute Gasteiger partial charge is 0.0330 e. The molecular weight excluding hydrogens is 204 g/mol. The lowest BCUT2D eigenvalue weighted by atomic mass is 10.1. The minimum Gasteiger partial charge on any atom is -0.330 e. The molecule has 0 radical (unpaired) electrons. The Kier molecular flexibility index (Phi) is 5.91. The standard InChI is InChI=1S/C12H22N2S/c1-3-14(11(2)6-4-8-13)10-12-7-5-9-15-12/h5,7,9,11H,3-4,6,8,10,13H2,1-2H3. The lowest BCUT2D eigenvalue weighted by Crippen LogP contribution is -2.32. The van der Waals surface area contributed by atoms with Crippen molar-refractivity contribution in [3.63, 3.8) is 0 Å². The minimum absolute atomic E-state index is 0.639. The van der Waals surface area contributed by atoms with E-state index >= 15 is 0 Å². The van der Waals surface area contributed by atoms with E-state index in [1.165, 1.54) is 11.3 Å². The molecule has 3 heteroatoms. The summed E-state index contributed by atoms with van der Waals surface area (Å²) >= 11 is 1.84. The quantitative estimate of drug-likeness (QED) is 0.774. The Morgan fingerprint density at radius 2 is 2.33 bits per heavy atom. The number of rotatable bonds is 7. The molecule has 0 saturated carbocycles. The Bertz CT molecular complexity index is 246. The summed E-state index contributed by atoms with van der Waals surface area (Å²) in [6.07, 6.45) is 2.33. The third kappa shape index (κ3) is 4.33. The summed E-state index contributed by atoms with van der Waals surface area (Å²) in [5, 5.41) is 2.15. The molecule has 1 heterocycles. The molecule has 1 rings (SSSR count). The van der Waals surface area contributed by atoms with Crippen LogP contribution in [-0.2, 0) is 6.54 Å². The highest BCUT2D eigenvalue weighted by Crippen LogP contribution is 2.15. The molecule has 0 amide bonds. The summed E-state index contributed by atoms with van der Waals surface area (Å²) in [5.74, 6) is 0. The van der Waals surface area contributed by atoms with E-state index in [-0.39, 0.29) is 0 Å². The van der Waals surface area contributed by atoms with E-state index in [9.17, 15) is 0 Å². The number of thiophene rings is 1. The van der Waals surface area contributed by atoms with Gasteiger partial charge in [-0.1, -0.05) is 13.0 Å². The van der Waals surface area contributed by atoms with Crippen molar-refractivity contribution in [3.8, 4) is 0 Å². The van der Waals surface area contributed by atoms with Crippen molar-refractivity contribution in [1.29, 1.82) is 0 Å². The van der Waals surface area contributed by atoms with Gasteiger partial charge in [0.05, 0.1) is 0 Å². The van der Waals surface area contributed by atoms with E-state index in [1.807, 2.05) is 11.3 Å². The van der Waals surface area contributed by atoms with Gasteiger partial charge in [-0.25, -0.2) is 0 Å². The predicted octanol–water partition coefficient (Wildman–Crippen LogP) is 2.70. The van der Waals surface area contributed by atoms with Gasteiger partial charge in [0.1, 0.15) is 0 Å². The average molecular weight is 226 g/mol. The number of hydrogen-bond donors (Lipinski definition) is 1. The number of hydrogen-bond acceptors (Lipinski definition) is 3. The molecule has 0 aliphatic carbocycles. The number of nitrogens with zero attached hydrogens (tertiary/aromatic N) is 1. The highest BCUT2D eigenvalue weighted by Gasteiger charge is 2.11. The maximum absolute atomic E-state index is 5.54. The van der Waals surface area contributed by atoms with Crippen LogP contribution < -0.4 is 5.73 Å². The molecule has 0 saturated heterocycles. The maximum atomic E-state index is 5.54. The first-order valence-corrected chi connectivity index (χ1v) is 6.62. The second-order valence-corrected chi connectivity index (χ2v) is 4.95. The third-order valence-electron chi connectivity index (χ3n) is 2.79. The predicted molar refractivity (Wildman–Crippen MR) is 68.2 cm³/mol. The fraction of sp³-hybridized carbons (Fsp3) is 0.667. The third-order valence-corrected chi connectivity index (χ3v) is 3.66. The average Bonchev–Trinajstić information content (AvgIpc) is 2.75. The van der Waals surface area contributed by atoms with Crippen molar-refractivity contribution >= 4 is 11.3 Å². The van der Waals surface area contributed by atoms with Crippen LogP contribution in [-0.4, -0.2) is 24.0 Å². The summed E-state index contributed by atoms with van der Waals surface area (Å²) in [4.78, 5) is 3.97. The SMILES string of the molecule is CCN(Cc1cccs1)C(C)CCCN. The second-order valence-electron chi connectivity index (χ2n) is 3.92. The summed E-state index contributed by atoms with van der Waals surface area (Å²) in [7, 11) is 0. The Hall–Kier alpha value is -0.380. The highest BCUT2D eigenvalue weighted by atomic mass is 32.1. The largest absolute Gasteiger partial charge is 0.330 e. The fourth-order valence-electron chi connectivity index (χ4n) is 1.78. The van der Waals surface area contributed by atoms with Gasteiger partial charge in [0.2, 0.25) is 0 Å². The van der Waals surface area contributed by atoms with Gasteiger partial charge in [-0.3, -0.25) is 4.90 Å². The summed E-state index contributed by atoms with van der Waals surface area (Å²) in [6.45, 7) is 7.53. The van der Waals surface area contributed by atoms with E-state index in [0.29, 0.717) is 6.04 Å². The first kappa shape index (κ1) is 12.7. The van der Waals surface area contributed by atoms with Gasteiger partial charge in [0.25, 0.3) is 0 Å². The summed E-state index contributed by atoms with van der Waals surface area (Å²) in [5.41, 5.74) is 5.54. The maximum Gasteiger partial charge on any atom is 0.0330 e. The molecule has 0 aliphatic rings. The van der Waals surface area contributed by atoms with Gasteiger partial charge < -0.3 is 5.73 Å². The second kappa shape index (κ2) is 6.99. The van der Waals surface area contributed by atoms with Crippen LogP contribution in [0.25, 0.3) is 0 Å². The minimum atomic E-state index is 0.639. The molecule has 0 spiro atoms. The number of nitrogens with two attached hydrogens (primary N) is 1. The summed E-state index contributed by atoms with van der Waals surface area (Å²) in [6, 6.07) is 4.97. The van der Waals surface area contributed by atoms with Crippen molar-refractivity contribution < 1.29 is 0 Å². The molecule has 0 aliphatic heterocycles. The molecule has 1 atom stereocenters. The fourth-order valence-corrected chi connectivity index (χ4v) is 2.51. The zero-order valence-corrected chi connectivity index (χ0v) is 10.6. The van der Waals surface area contributed by atoms with Crippen LogP contribution in [0.2, 0.25) is 0 Å². The Balaban J connectivity index is 2.40. The van der Waals surface area contributed by atoms with Crippen molar-refractivity contribution in [2.75, 3.05) is 13.1 Å². The van der Waals surface area contributed by atoms with Gasteiger partial charge in [-0.2, -0.15) is 0 Å². The Labute approximate surface area is 97.1 Å². The Morgan fingerprint density at radius 1 is 1.53 bits per heavy atom. The van der Waals surface area contributed by atoms with Crippen LogP contribution >= 0.6 is 11.3 Å². The van der Waals surface area contributed by atoms with Crippen LogP contribution in [0.15, 0.2) is 17.5 Å². The molecule has 0 aromatic carbocycles. The van der Waals surface area contributed by atoms with E-state index in [4.69, 9.17) is 5.73 Å². The van der Waals surface area contributed by atoms with Crippen LogP contribution in [0, 0.1) is 0 Å². The van der Waals surface area contributed by atoms with Gasteiger partial charge in [0.15, 0.2) is 0 Å². The lowest BCUT2D eigenvalue weighted by Gasteiger charge is -2.27.